The largest absolute Gasteiger partial charge is 0.304 e. The summed E-state index contributed by atoms with van der Waals surface area (Å²) in [7, 11) is 1.66. The molecule has 2 rings (SSSR count). The number of nitrogens with one attached hydrogen (secondary N) is 1. The monoisotopic (exact) mass is 239 g/mol. The van der Waals surface area contributed by atoms with E-state index in [1.165, 1.54) is 9.75 Å². The summed E-state index contributed by atoms with van der Waals surface area (Å²) in [4.78, 5) is 7.72. The van der Waals surface area contributed by atoms with E-state index in [-0.39, 0.29) is 6.04 Å². The predicted octanol–water partition coefficient (Wildman–Crippen LogP) is 3.24. The van der Waals surface area contributed by atoms with Gasteiger partial charge in [0.2, 0.25) is 0 Å². The summed E-state index contributed by atoms with van der Waals surface area (Å²) in [6, 6.07) is 8.70. The molecule has 2 nitrogen and oxygen atoms in total. The second-order valence-electron chi connectivity index (χ2n) is 3.17. The molecule has 0 amide bonds. The van der Waals surface area contributed by atoms with Crippen molar-refractivity contribution in [3.8, 4) is 0 Å². The molecule has 0 bridgehead atoms. The third kappa shape index (κ3) is 2.89. The first-order valence-corrected chi connectivity index (χ1v) is 6.50. The number of thiophene rings is 2. The highest BCUT2D eigenvalue weighted by atomic mass is 32.1. The fourth-order valence-corrected chi connectivity index (χ4v) is 2.98. The van der Waals surface area contributed by atoms with E-state index in [4.69, 9.17) is 4.84 Å². The van der Waals surface area contributed by atoms with Crippen LogP contribution < -0.4 is 5.48 Å². The average molecular weight is 239 g/mol. The minimum absolute atomic E-state index is 0.258. The standard InChI is InChI=1S/C11H13NOS2/c1-13-12-10(11-5-3-7-15-11)8-9-4-2-6-14-9/h2-7,10,12H,8H2,1H3. The maximum atomic E-state index is 5.04. The molecule has 0 aromatic carbocycles. The van der Waals surface area contributed by atoms with Crippen LogP contribution in [0.3, 0.4) is 0 Å². The van der Waals surface area contributed by atoms with Gasteiger partial charge in [0.15, 0.2) is 0 Å². The van der Waals surface area contributed by atoms with Crippen molar-refractivity contribution in [2.75, 3.05) is 7.11 Å². The average Bonchev–Trinajstić information content (AvgIpc) is 2.89. The molecule has 0 radical (unpaired) electrons. The van der Waals surface area contributed by atoms with Crippen molar-refractivity contribution in [3.63, 3.8) is 0 Å². The van der Waals surface area contributed by atoms with Gasteiger partial charge in [-0.25, -0.2) is 0 Å². The van der Waals surface area contributed by atoms with Gasteiger partial charge in [0, 0.05) is 16.2 Å². The molecule has 2 aromatic heterocycles. The van der Waals surface area contributed by atoms with Crippen LogP contribution in [0.1, 0.15) is 15.8 Å². The molecule has 0 aliphatic carbocycles. The van der Waals surface area contributed by atoms with E-state index >= 15 is 0 Å². The van der Waals surface area contributed by atoms with Crippen LogP contribution in [0.15, 0.2) is 35.0 Å². The molecule has 1 atom stereocenters. The van der Waals surface area contributed by atoms with Crippen molar-refractivity contribution in [2.45, 2.75) is 12.5 Å². The molecule has 0 spiro atoms. The van der Waals surface area contributed by atoms with Gasteiger partial charge in [-0.05, 0) is 22.9 Å². The zero-order chi connectivity index (χ0) is 10.5. The lowest BCUT2D eigenvalue weighted by molar-refractivity contribution is 0.0617. The second kappa shape index (κ2) is 5.42. The zero-order valence-electron chi connectivity index (χ0n) is 8.47. The van der Waals surface area contributed by atoms with E-state index in [0.717, 1.165) is 6.42 Å². The summed E-state index contributed by atoms with van der Waals surface area (Å²) in [6.45, 7) is 0. The van der Waals surface area contributed by atoms with Crippen LogP contribution >= 0.6 is 22.7 Å². The van der Waals surface area contributed by atoms with Gasteiger partial charge in [-0.1, -0.05) is 12.1 Å². The summed E-state index contributed by atoms with van der Waals surface area (Å²) in [5.41, 5.74) is 3.04. The molecule has 0 aliphatic heterocycles. The van der Waals surface area contributed by atoms with Crippen LogP contribution in [0, 0.1) is 0 Å². The van der Waals surface area contributed by atoms with E-state index in [1.54, 1.807) is 29.8 Å². The topological polar surface area (TPSA) is 21.3 Å². The van der Waals surface area contributed by atoms with Gasteiger partial charge in [0.1, 0.15) is 0 Å². The molecule has 1 unspecified atom stereocenters. The van der Waals surface area contributed by atoms with Crippen LogP contribution in [-0.4, -0.2) is 7.11 Å². The lowest BCUT2D eigenvalue weighted by Crippen LogP contribution is -2.20. The number of hydroxylamine groups is 1. The van der Waals surface area contributed by atoms with Gasteiger partial charge in [0.05, 0.1) is 13.2 Å². The van der Waals surface area contributed by atoms with Crippen LogP contribution in [-0.2, 0) is 11.3 Å². The van der Waals surface area contributed by atoms with E-state index < -0.39 is 0 Å². The molecule has 0 fully saturated rings. The maximum Gasteiger partial charge on any atom is 0.0712 e. The Morgan fingerprint density at radius 1 is 1.27 bits per heavy atom. The maximum absolute atomic E-state index is 5.04. The highest BCUT2D eigenvalue weighted by Gasteiger charge is 2.13. The summed E-state index contributed by atoms with van der Waals surface area (Å²) in [5, 5.41) is 4.20. The van der Waals surface area contributed by atoms with E-state index in [9.17, 15) is 0 Å². The summed E-state index contributed by atoms with van der Waals surface area (Å²) >= 11 is 3.54. The Morgan fingerprint density at radius 3 is 2.67 bits per heavy atom. The summed E-state index contributed by atoms with van der Waals surface area (Å²) in [5.74, 6) is 0. The molecule has 0 aliphatic rings. The fraction of sp³-hybridized carbons (Fsp3) is 0.273. The highest BCUT2D eigenvalue weighted by molar-refractivity contribution is 7.10. The van der Waals surface area contributed by atoms with Crippen LogP contribution in [0.2, 0.25) is 0 Å². The van der Waals surface area contributed by atoms with Crippen molar-refractivity contribution < 1.29 is 4.84 Å². The number of hydrogen-bond donors (Lipinski definition) is 1. The zero-order valence-corrected chi connectivity index (χ0v) is 10.1. The molecule has 0 saturated carbocycles. The van der Waals surface area contributed by atoms with E-state index in [0.29, 0.717) is 0 Å². The molecule has 2 aromatic rings. The van der Waals surface area contributed by atoms with Gasteiger partial charge in [0.25, 0.3) is 0 Å². The summed E-state index contributed by atoms with van der Waals surface area (Å²) in [6.07, 6.45) is 0.978. The Morgan fingerprint density at radius 2 is 2.07 bits per heavy atom. The van der Waals surface area contributed by atoms with Crippen molar-refractivity contribution in [2.24, 2.45) is 0 Å². The predicted molar refractivity (Wildman–Crippen MR) is 65.2 cm³/mol. The number of hydrogen-bond acceptors (Lipinski definition) is 4. The lowest BCUT2D eigenvalue weighted by Gasteiger charge is -2.14. The Bertz CT molecular complexity index is 369. The number of rotatable bonds is 5. The Balaban J connectivity index is 2.07. The SMILES string of the molecule is CONC(Cc1cccs1)c1cccs1. The fourth-order valence-electron chi connectivity index (χ4n) is 1.46. The second-order valence-corrected chi connectivity index (χ2v) is 5.18. The molecule has 80 valence electrons. The minimum atomic E-state index is 0.258. The first-order valence-electron chi connectivity index (χ1n) is 4.74. The molecule has 0 saturated heterocycles. The summed E-state index contributed by atoms with van der Waals surface area (Å²) < 4.78 is 0. The van der Waals surface area contributed by atoms with Gasteiger partial charge in [-0.2, -0.15) is 5.48 Å². The van der Waals surface area contributed by atoms with Crippen molar-refractivity contribution in [1.29, 1.82) is 0 Å². The first kappa shape index (κ1) is 10.8. The first-order chi connectivity index (χ1) is 7.40. The normalized spacial score (nSPS) is 12.9. The molecule has 1 N–H and O–H groups in total. The highest BCUT2D eigenvalue weighted by Crippen LogP contribution is 2.24. The molecule has 2 heterocycles. The molecular formula is C11H13NOS2. The van der Waals surface area contributed by atoms with E-state index in [2.05, 4.69) is 40.5 Å². The van der Waals surface area contributed by atoms with Gasteiger partial charge >= 0.3 is 0 Å². The van der Waals surface area contributed by atoms with Gasteiger partial charge in [-0.3, -0.25) is 0 Å². The molecular weight excluding hydrogens is 226 g/mol. The van der Waals surface area contributed by atoms with Gasteiger partial charge in [-0.15, -0.1) is 22.7 Å². The molecule has 4 heteroatoms. The van der Waals surface area contributed by atoms with Crippen LogP contribution in [0.4, 0.5) is 0 Å². The Kier molecular flexibility index (Phi) is 3.91. The van der Waals surface area contributed by atoms with Crippen molar-refractivity contribution in [3.05, 3.63) is 44.8 Å². The third-order valence-corrected chi connectivity index (χ3v) is 4.02. The minimum Gasteiger partial charge on any atom is -0.304 e. The van der Waals surface area contributed by atoms with Crippen molar-refractivity contribution in [1.82, 2.24) is 5.48 Å². The van der Waals surface area contributed by atoms with Crippen LogP contribution in [0.5, 0.6) is 0 Å². The third-order valence-electron chi connectivity index (χ3n) is 2.13. The molecule has 15 heavy (non-hydrogen) atoms. The Labute approximate surface area is 97.5 Å². The quantitative estimate of drug-likeness (QED) is 0.809. The smallest absolute Gasteiger partial charge is 0.0712 e. The van der Waals surface area contributed by atoms with E-state index in [1.807, 2.05) is 0 Å². The van der Waals surface area contributed by atoms with Crippen molar-refractivity contribution >= 4 is 22.7 Å². The lowest BCUT2D eigenvalue weighted by atomic mass is 10.1. The Hall–Kier alpha value is -0.680. The van der Waals surface area contributed by atoms with Gasteiger partial charge < -0.3 is 4.84 Å². The van der Waals surface area contributed by atoms with Crippen LogP contribution in [0.25, 0.3) is 0 Å².